The number of anilines is 1. The number of para-hydroxylation sites is 1. The van der Waals surface area contributed by atoms with E-state index < -0.39 is 0 Å². The summed E-state index contributed by atoms with van der Waals surface area (Å²) in [5, 5.41) is 6.99. The zero-order valence-corrected chi connectivity index (χ0v) is 15.2. The quantitative estimate of drug-likeness (QED) is 0.474. The first-order valence-corrected chi connectivity index (χ1v) is 9.45. The first kappa shape index (κ1) is 17.8. The van der Waals surface area contributed by atoms with Gasteiger partial charge in [-0.3, -0.25) is 4.99 Å². The number of aliphatic imine (C=N–C) groups is 1. The number of rotatable bonds is 6. The van der Waals surface area contributed by atoms with Crippen molar-refractivity contribution < 1.29 is 4.74 Å². The summed E-state index contributed by atoms with van der Waals surface area (Å²) in [6, 6.07) is 11.1. The van der Waals surface area contributed by atoms with Crippen molar-refractivity contribution in [1.29, 1.82) is 0 Å². The number of nitrogens with zero attached hydrogens (tertiary/aromatic N) is 2. The van der Waals surface area contributed by atoms with E-state index in [2.05, 4.69) is 58.9 Å². The van der Waals surface area contributed by atoms with Crippen LogP contribution in [0.1, 0.15) is 26.2 Å². The molecular weight excluding hydrogens is 312 g/mol. The van der Waals surface area contributed by atoms with Gasteiger partial charge < -0.3 is 20.3 Å². The summed E-state index contributed by atoms with van der Waals surface area (Å²) in [7, 11) is 0. The molecule has 2 aliphatic heterocycles. The van der Waals surface area contributed by atoms with Crippen molar-refractivity contribution in [2.45, 2.75) is 32.2 Å². The molecule has 1 saturated heterocycles. The molecule has 5 heteroatoms. The van der Waals surface area contributed by atoms with Crippen LogP contribution in [0.15, 0.2) is 47.0 Å². The minimum absolute atomic E-state index is 0.445. The molecular formula is C20H30N4O. The molecule has 0 aliphatic carbocycles. The second-order valence-corrected chi connectivity index (χ2v) is 6.61. The molecule has 0 aromatic heterocycles. The van der Waals surface area contributed by atoms with Crippen LogP contribution >= 0.6 is 0 Å². The standard InChI is InChI=1S/C20H30N4O/c1-2-21-20(22-12-8-17-10-14-25-15-11-17)23-18-9-13-24(16-18)19-6-4-3-5-7-19/h3-7,10,18H,2,8-9,11-16H2,1H3,(H2,21,22,23). The maximum atomic E-state index is 5.36. The van der Waals surface area contributed by atoms with Crippen molar-refractivity contribution in [3.05, 3.63) is 42.0 Å². The third-order valence-electron chi connectivity index (χ3n) is 4.75. The van der Waals surface area contributed by atoms with Crippen molar-refractivity contribution in [3.8, 4) is 0 Å². The number of hydrogen-bond donors (Lipinski definition) is 2. The highest BCUT2D eigenvalue weighted by Crippen LogP contribution is 2.19. The van der Waals surface area contributed by atoms with Crippen LogP contribution < -0.4 is 15.5 Å². The fraction of sp³-hybridized carbons (Fsp3) is 0.550. The van der Waals surface area contributed by atoms with E-state index >= 15 is 0 Å². The van der Waals surface area contributed by atoms with Gasteiger partial charge in [-0.1, -0.05) is 29.8 Å². The molecule has 0 saturated carbocycles. The van der Waals surface area contributed by atoms with Crippen molar-refractivity contribution in [3.63, 3.8) is 0 Å². The lowest BCUT2D eigenvalue weighted by Crippen LogP contribution is -2.44. The number of hydrogen-bond acceptors (Lipinski definition) is 3. The Bertz CT molecular complexity index is 585. The minimum Gasteiger partial charge on any atom is -0.377 e. The Morgan fingerprint density at radius 3 is 2.96 bits per heavy atom. The maximum Gasteiger partial charge on any atom is 0.191 e. The molecule has 0 radical (unpaired) electrons. The second-order valence-electron chi connectivity index (χ2n) is 6.61. The number of ether oxygens (including phenoxy) is 1. The molecule has 0 bridgehead atoms. The zero-order chi connectivity index (χ0) is 17.3. The Morgan fingerprint density at radius 2 is 2.20 bits per heavy atom. The summed E-state index contributed by atoms with van der Waals surface area (Å²) >= 11 is 0. The fourth-order valence-electron chi connectivity index (χ4n) is 3.37. The van der Waals surface area contributed by atoms with E-state index in [1.165, 1.54) is 11.3 Å². The molecule has 25 heavy (non-hydrogen) atoms. The highest BCUT2D eigenvalue weighted by atomic mass is 16.5. The summed E-state index contributed by atoms with van der Waals surface area (Å²) in [6.45, 7) is 7.56. The minimum atomic E-state index is 0.445. The Balaban J connectivity index is 1.49. The van der Waals surface area contributed by atoms with E-state index in [1.807, 2.05) is 0 Å². The molecule has 2 aliphatic rings. The Labute approximate surface area is 151 Å². The average Bonchev–Trinajstić information content (AvgIpc) is 3.12. The van der Waals surface area contributed by atoms with Gasteiger partial charge in [-0.15, -0.1) is 0 Å². The van der Waals surface area contributed by atoms with E-state index in [9.17, 15) is 0 Å². The first-order chi connectivity index (χ1) is 12.3. The third kappa shape index (κ3) is 5.49. The summed E-state index contributed by atoms with van der Waals surface area (Å²) in [6.07, 6.45) is 5.42. The van der Waals surface area contributed by atoms with Gasteiger partial charge in [0.05, 0.1) is 13.2 Å². The number of benzene rings is 1. The smallest absolute Gasteiger partial charge is 0.191 e. The van der Waals surface area contributed by atoms with Gasteiger partial charge in [0, 0.05) is 37.9 Å². The third-order valence-corrected chi connectivity index (χ3v) is 4.75. The lowest BCUT2D eigenvalue weighted by atomic mass is 10.1. The SMILES string of the molecule is CCNC(=NCCC1=CCOCC1)NC1CCN(c2ccccc2)C1. The Morgan fingerprint density at radius 1 is 1.32 bits per heavy atom. The van der Waals surface area contributed by atoms with Gasteiger partial charge >= 0.3 is 0 Å². The lowest BCUT2D eigenvalue weighted by molar-refractivity contribution is 0.153. The van der Waals surface area contributed by atoms with Gasteiger partial charge in [0.2, 0.25) is 0 Å². The van der Waals surface area contributed by atoms with Gasteiger partial charge in [-0.05, 0) is 38.3 Å². The Hall–Kier alpha value is -2.01. The molecule has 2 heterocycles. The predicted octanol–water partition coefficient (Wildman–Crippen LogP) is 2.56. The van der Waals surface area contributed by atoms with Crippen LogP contribution in [0, 0.1) is 0 Å². The largest absolute Gasteiger partial charge is 0.377 e. The summed E-state index contributed by atoms with van der Waals surface area (Å²) in [5.74, 6) is 0.940. The highest BCUT2D eigenvalue weighted by Gasteiger charge is 2.23. The number of guanidine groups is 1. The van der Waals surface area contributed by atoms with Crippen molar-refractivity contribution >= 4 is 11.6 Å². The molecule has 2 N–H and O–H groups in total. The molecule has 5 nitrogen and oxygen atoms in total. The first-order valence-electron chi connectivity index (χ1n) is 9.45. The van der Waals surface area contributed by atoms with Gasteiger partial charge in [0.25, 0.3) is 0 Å². The highest BCUT2D eigenvalue weighted by molar-refractivity contribution is 5.80. The van der Waals surface area contributed by atoms with Gasteiger partial charge in [-0.2, -0.15) is 0 Å². The second kappa shape index (κ2) is 9.47. The fourth-order valence-corrected chi connectivity index (χ4v) is 3.37. The van der Waals surface area contributed by atoms with Crippen LogP contribution in [0.5, 0.6) is 0 Å². The monoisotopic (exact) mass is 342 g/mol. The van der Waals surface area contributed by atoms with E-state index in [-0.39, 0.29) is 0 Å². The van der Waals surface area contributed by atoms with E-state index in [1.54, 1.807) is 0 Å². The summed E-state index contributed by atoms with van der Waals surface area (Å²) < 4.78 is 5.36. The molecule has 1 fully saturated rings. The molecule has 1 unspecified atom stereocenters. The molecule has 0 spiro atoms. The van der Waals surface area contributed by atoms with Gasteiger partial charge in [0.15, 0.2) is 5.96 Å². The zero-order valence-electron chi connectivity index (χ0n) is 15.2. The topological polar surface area (TPSA) is 48.9 Å². The molecule has 0 amide bonds. The van der Waals surface area contributed by atoms with E-state index in [4.69, 9.17) is 9.73 Å². The van der Waals surface area contributed by atoms with E-state index in [0.717, 1.165) is 64.6 Å². The number of nitrogens with one attached hydrogen (secondary N) is 2. The molecule has 1 atom stereocenters. The normalized spacial score (nSPS) is 21.2. The van der Waals surface area contributed by atoms with Crippen LogP contribution in [0.2, 0.25) is 0 Å². The maximum absolute atomic E-state index is 5.36. The lowest BCUT2D eigenvalue weighted by Gasteiger charge is -2.20. The van der Waals surface area contributed by atoms with Crippen LogP contribution in [0.25, 0.3) is 0 Å². The summed E-state index contributed by atoms with van der Waals surface area (Å²) in [5.41, 5.74) is 2.78. The van der Waals surface area contributed by atoms with E-state index in [0.29, 0.717) is 6.04 Å². The van der Waals surface area contributed by atoms with Crippen LogP contribution in [0.4, 0.5) is 5.69 Å². The van der Waals surface area contributed by atoms with Crippen molar-refractivity contribution in [2.24, 2.45) is 4.99 Å². The van der Waals surface area contributed by atoms with Crippen LogP contribution in [0.3, 0.4) is 0 Å². The van der Waals surface area contributed by atoms with Crippen LogP contribution in [-0.2, 0) is 4.74 Å². The van der Waals surface area contributed by atoms with Crippen LogP contribution in [-0.4, -0.2) is 51.4 Å². The van der Waals surface area contributed by atoms with Gasteiger partial charge in [0.1, 0.15) is 0 Å². The van der Waals surface area contributed by atoms with Gasteiger partial charge in [-0.25, -0.2) is 0 Å². The molecule has 136 valence electrons. The molecule has 3 rings (SSSR count). The summed E-state index contributed by atoms with van der Waals surface area (Å²) in [4.78, 5) is 7.20. The molecule has 1 aromatic rings. The Kier molecular flexibility index (Phi) is 6.74. The van der Waals surface area contributed by atoms with Crippen molar-refractivity contribution in [2.75, 3.05) is 44.3 Å². The predicted molar refractivity (Wildman–Crippen MR) is 104 cm³/mol. The average molecular weight is 342 g/mol. The van der Waals surface area contributed by atoms with Crippen molar-refractivity contribution in [1.82, 2.24) is 10.6 Å². The molecule has 1 aromatic carbocycles.